The molecule has 18 heavy (non-hydrogen) atoms. The average Bonchev–Trinajstić information content (AvgIpc) is 2.22. The number of hydrogen-bond donors (Lipinski definition) is 3. The molecule has 0 aromatic heterocycles. The number of nitrogens with one attached hydrogen (secondary N) is 2. The van der Waals surface area contributed by atoms with E-state index < -0.39 is 41.8 Å². The SMILES string of the molecule is Nc1cc(NC(=O)NCC(F)(F)F)c(F)cc1F. The van der Waals surface area contributed by atoms with Crippen LogP contribution in [0.1, 0.15) is 0 Å². The molecule has 4 N–H and O–H groups in total. The zero-order valence-corrected chi connectivity index (χ0v) is 8.74. The normalized spacial score (nSPS) is 11.2. The highest BCUT2D eigenvalue weighted by molar-refractivity contribution is 5.89. The first kappa shape index (κ1) is 14.0. The molecule has 0 saturated heterocycles. The fourth-order valence-electron chi connectivity index (χ4n) is 1.01. The Morgan fingerprint density at radius 2 is 1.83 bits per heavy atom. The van der Waals surface area contributed by atoms with Gasteiger partial charge in [-0.05, 0) is 6.07 Å². The summed E-state index contributed by atoms with van der Waals surface area (Å²) >= 11 is 0. The van der Waals surface area contributed by atoms with Crippen molar-refractivity contribution in [2.24, 2.45) is 0 Å². The van der Waals surface area contributed by atoms with Crippen molar-refractivity contribution in [2.75, 3.05) is 17.6 Å². The lowest BCUT2D eigenvalue weighted by atomic mass is 10.2. The molecule has 0 aliphatic rings. The van der Waals surface area contributed by atoms with Gasteiger partial charge in [0, 0.05) is 6.07 Å². The maximum atomic E-state index is 13.1. The summed E-state index contributed by atoms with van der Waals surface area (Å²) in [4.78, 5) is 11.0. The second-order valence-electron chi connectivity index (χ2n) is 3.28. The zero-order chi connectivity index (χ0) is 13.9. The van der Waals surface area contributed by atoms with Gasteiger partial charge >= 0.3 is 12.2 Å². The van der Waals surface area contributed by atoms with Gasteiger partial charge < -0.3 is 16.4 Å². The van der Waals surface area contributed by atoms with E-state index in [0.29, 0.717) is 6.07 Å². The van der Waals surface area contributed by atoms with Crippen LogP contribution in [0.4, 0.5) is 38.1 Å². The number of benzene rings is 1. The number of halogens is 5. The topological polar surface area (TPSA) is 67.1 Å². The molecule has 0 bridgehead atoms. The summed E-state index contributed by atoms with van der Waals surface area (Å²) < 4.78 is 61.2. The molecule has 0 aliphatic carbocycles. The first-order valence-corrected chi connectivity index (χ1v) is 4.55. The van der Waals surface area contributed by atoms with Gasteiger partial charge in [0.05, 0.1) is 11.4 Å². The van der Waals surface area contributed by atoms with Crippen molar-refractivity contribution >= 4 is 17.4 Å². The fraction of sp³-hybridized carbons (Fsp3) is 0.222. The number of alkyl halides is 3. The third-order valence-corrected chi connectivity index (χ3v) is 1.78. The summed E-state index contributed by atoms with van der Waals surface area (Å²) in [5.41, 5.74) is 4.15. The molecular formula is C9H8F5N3O. The van der Waals surface area contributed by atoms with Crippen molar-refractivity contribution < 1.29 is 26.7 Å². The van der Waals surface area contributed by atoms with Crippen LogP contribution in [0.3, 0.4) is 0 Å². The van der Waals surface area contributed by atoms with Gasteiger partial charge in [-0.3, -0.25) is 0 Å². The predicted octanol–water partition coefficient (Wildman–Crippen LogP) is 2.23. The van der Waals surface area contributed by atoms with Crippen LogP contribution in [0, 0.1) is 11.6 Å². The third-order valence-electron chi connectivity index (χ3n) is 1.78. The Bertz CT molecular complexity index is 460. The van der Waals surface area contributed by atoms with E-state index in [9.17, 15) is 26.7 Å². The molecule has 0 aliphatic heterocycles. The highest BCUT2D eigenvalue weighted by Crippen LogP contribution is 2.21. The van der Waals surface area contributed by atoms with Crippen LogP contribution in [0.15, 0.2) is 12.1 Å². The minimum atomic E-state index is -4.59. The zero-order valence-electron chi connectivity index (χ0n) is 8.74. The van der Waals surface area contributed by atoms with Crippen LogP contribution in [0.2, 0.25) is 0 Å². The molecule has 1 aromatic carbocycles. The Morgan fingerprint density at radius 1 is 1.22 bits per heavy atom. The van der Waals surface area contributed by atoms with Gasteiger partial charge in [-0.25, -0.2) is 13.6 Å². The largest absolute Gasteiger partial charge is 0.405 e. The quantitative estimate of drug-likeness (QED) is 0.569. The Labute approximate surface area is 98.0 Å². The van der Waals surface area contributed by atoms with Crippen molar-refractivity contribution in [3.05, 3.63) is 23.8 Å². The molecule has 0 radical (unpaired) electrons. The van der Waals surface area contributed by atoms with Gasteiger partial charge in [0.1, 0.15) is 18.2 Å². The summed E-state index contributed by atoms with van der Waals surface area (Å²) in [5.74, 6) is -2.18. The minimum absolute atomic E-state index is 0.411. The van der Waals surface area contributed by atoms with Crippen LogP contribution in [-0.2, 0) is 0 Å². The first-order valence-electron chi connectivity index (χ1n) is 4.55. The highest BCUT2D eigenvalue weighted by atomic mass is 19.4. The third kappa shape index (κ3) is 4.07. The number of carbonyl (C=O) groups is 1. The predicted molar refractivity (Wildman–Crippen MR) is 53.8 cm³/mol. The molecule has 0 spiro atoms. The van der Waals surface area contributed by atoms with Gasteiger partial charge in [-0.1, -0.05) is 0 Å². The summed E-state index contributed by atoms with van der Waals surface area (Å²) in [5, 5.41) is 3.24. The second-order valence-corrected chi connectivity index (χ2v) is 3.28. The Balaban J connectivity index is 2.68. The molecule has 1 aromatic rings. The number of hydrogen-bond acceptors (Lipinski definition) is 2. The van der Waals surface area contributed by atoms with E-state index in [4.69, 9.17) is 5.73 Å². The summed E-state index contributed by atoms with van der Waals surface area (Å²) in [6.45, 7) is -1.57. The average molecular weight is 269 g/mol. The molecule has 0 saturated carbocycles. The Kier molecular flexibility index (Phi) is 3.94. The molecule has 0 atom stereocenters. The van der Waals surface area contributed by atoms with Gasteiger partial charge in [0.25, 0.3) is 0 Å². The van der Waals surface area contributed by atoms with Gasteiger partial charge in [-0.15, -0.1) is 0 Å². The second kappa shape index (κ2) is 5.07. The molecule has 1 rings (SSSR count). The van der Waals surface area contributed by atoms with Crippen molar-refractivity contribution in [3.8, 4) is 0 Å². The maximum absolute atomic E-state index is 13.1. The number of urea groups is 1. The molecule has 100 valence electrons. The molecule has 9 heteroatoms. The smallest absolute Gasteiger partial charge is 0.396 e. The van der Waals surface area contributed by atoms with Crippen LogP contribution in [-0.4, -0.2) is 18.8 Å². The molecule has 2 amide bonds. The standard InChI is InChI=1S/C9H8F5N3O/c10-4-1-5(11)7(2-6(4)15)17-8(18)16-3-9(12,13)14/h1-2H,3,15H2,(H2,16,17,18). The lowest BCUT2D eigenvalue weighted by molar-refractivity contribution is -0.122. The van der Waals surface area contributed by atoms with E-state index in [-0.39, 0.29) is 0 Å². The molecule has 0 heterocycles. The van der Waals surface area contributed by atoms with Gasteiger partial charge in [0.2, 0.25) is 0 Å². The van der Waals surface area contributed by atoms with Crippen molar-refractivity contribution in [1.82, 2.24) is 5.32 Å². The number of amides is 2. The Hall–Kier alpha value is -2.06. The van der Waals surface area contributed by atoms with Crippen LogP contribution >= 0.6 is 0 Å². The number of nitrogens with two attached hydrogens (primary N) is 1. The van der Waals surface area contributed by atoms with E-state index in [0.717, 1.165) is 6.07 Å². The van der Waals surface area contributed by atoms with E-state index in [2.05, 4.69) is 0 Å². The minimum Gasteiger partial charge on any atom is -0.396 e. The number of nitrogen functional groups attached to an aromatic ring is 1. The van der Waals surface area contributed by atoms with E-state index >= 15 is 0 Å². The van der Waals surface area contributed by atoms with E-state index in [1.54, 1.807) is 5.32 Å². The Morgan fingerprint density at radius 3 is 2.39 bits per heavy atom. The molecule has 0 unspecified atom stereocenters. The van der Waals surface area contributed by atoms with E-state index in [1.807, 2.05) is 0 Å². The molecule has 0 fully saturated rings. The number of rotatable bonds is 2. The van der Waals surface area contributed by atoms with Gasteiger partial charge in [0.15, 0.2) is 0 Å². The van der Waals surface area contributed by atoms with Crippen molar-refractivity contribution in [2.45, 2.75) is 6.18 Å². The van der Waals surface area contributed by atoms with Gasteiger partial charge in [-0.2, -0.15) is 13.2 Å². The van der Waals surface area contributed by atoms with E-state index in [1.165, 1.54) is 5.32 Å². The fourth-order valence-corrected chi connectivity index (χ4v) is 1.01. The first-order chi connectivity index (χ1) is 8.19. The lowest BCUT2D eigenvalue weighted by Crippen LogP contribution is -2.36. The highest BCUT2D eigenvalue weighted by Gasteiger charge is 2.27. The number of carbonyl (C=O) groups excluding carboxylic acids is 1. The molecular weight excluding hydrogens is 261 g/mol. The van der Waals surface area contributed by atoms with Crippen LogP contribution in [0.5, 0.6) is 0 Å². The number of anilines is 2. The van der Waals surface area contributed by atoms with Crippen molar-refractivity contribution in [1.29, 1.82) is 0 Å². The summed E-state index contributed by atoms with van der Waals surface area (Å²) in [7, 11) is 0. The molecule has 4 nitrogen and oxygen atoms in total. The summed E-state index contributed by atoms with van der Waals surface area (Å²) in [6.07, 6.45) is -4.59. The maximum Gasteiger partial charge on any atom is 0.405 e. The monoisotopic (exact) mass is 269 g/mol. The van der Waals surface area contributed by atoms with Crippen molar-refractivity contribution in [3.63, 3.8) is 0 Å². The lowest BCUT2D eigenvalue weighted by Gasteiger charge is -2.11. The van der Waals surface area contributed by atoms with Crippen LogP contribution in [0.25, 0.3) is 0 Å². The summed E-state index contributed by atoms with van der Waals surface area (Å²) in [6, 6.07) is -0.107. The van der Waals surface area contributed by atoms with Crippen LogP contribution < -0.4 is 16.4 Å².